The second kappa shape index (κ2) is 24.3. The Labute approximate surface area is 234 Å². The van der Waals surface area contributed by atoms with Crippen molar-refractivity contribution < 1.29 is 13.9 Å². The van der Waals surface area contributed by atoms with Gasteiger partial charge in [0.2, 0.25) is 0 Å². The average Bonchev–Trinajstić information content (AvgIpc) is 2.92. The van der Waals surface area contributed by atoms with E-state index in [0.717, 1.165) is 36.0 Å². The van der Waals surface area contributed by atoms with Crippen molar-refractivity contribution in [1.82, 2.24) is 0 Å². The molecular formula is C35H53FO2. The molecule has 0 aliphatic rings. The lowest BCUT2D eigenvalue weighted by atomic mass is 9.93. The maximum Gasteiger partial charge on any atom is 0.142 e. The zero-order valence-corrected chi connectivity index (χ0v) is 25.3. The van der Waals surface area contributed by atoms with Gasteiger partial charge in [-0.3, -0.25) is 4.79 Å². The standard InChI is InChI=1S/C30H43FO.C3H4O.C2H6/c1-12-22(4)29(17-18-32-11)19-27(9)28(10)30(31)20-26(8)25(7)16-15-24(6)23(5)14-13-21(2)3;1-2-3-4;1-2/h15-16,19-21,23H,4,6-10,12-14,17-18H2,1-3,5,11H3;2-3H,1H2;1-2H3/b16-15-,29-19-,30-20+;;. The molecule has 0 aromatic carbocycles. The van der Waals surface area contributed by atoms with Gasteiger partial charge in [-0.25, -0.2) is 4.39 Å². The number of allylic oxidation sites excluding steroid dienone is 12. The van der Waals surface area contributed by atoms with E-state index in [-0.39, 0.29) is 5.57 Å². The van der Waals surface area contributed by atoms with Gasteiger partial charge in [0.25, 0.3) is 0 Å². The van der Waals surface area contributed by atoms with Crippen molar-refractivity contribution in [3.05, 3.63) is 121 Å². The summed E-state index contributed by atoms with van der Waals surface area (Å²) in [4.78, 5) is 9.06. The summed E-state index contributed by atoms with van der Waals surface area (Å²) in [6, 6.07) is 0. The van der Waals surface area contributed by atoms with E-state index in [1.165, 1.54) is 12.2 Å². The Morgan fingerprint density at radius 3 is 1.89 bits per heavy atom. The fraction of sp³-hybridized carbons (Fsp3) is 0.400. The zero-order chi connectivity index (χ0) is 30.3. The molecule has 212 valence electrons. The Kier molecular flexibility index (Phi) is 25.2. The highest BCUT2D eigenvalue weighted by Gasteiger charge is 2.10. The predicted molar refractivity (Wildman–Crippen MR) is 169 cm³/mol. The highest BCUT2D eigenvalue weighted by molar-refractivity contribution is 5.63. The summed E-state index contributed by atoms with van der Waals surface area (Å²) in [6.45, 7) is 40.3. The van der Waals surface area contributed by atoms with Crippen LogP contribution in [0.15, 0.2) is 121 Å². The van der Waals surface area contributed by atoms with Crippen molar-refractivity contribution in [3.63, 3.8) is 0 Å². The molecule has 0 aromatic rings. The van der Waals surface area contributed by atoms with Crippen LogP contribution in [0.2, 0.25) is 0 Å². The van der Waals surface area contributed by atoms with Crippen LogP contribution in [-0.2, 0) is 9.53 Å². The van der Waals surface area contributed by atoms with Gasteiger partial charge in [-0.2, -0.15) is 0 Å². The van der Waals surface area contributed by atoms with Crippen LogP contribution in [0.5, 0.6) is 0 Å². The lowest BCUT2D eigenvalue weighted by Gasteiger charge is -2.13. The number of aldehydes is 1. The monoisotopic (exact) mass is 524 g/mol. The molecule has 2 nitrogen and oxygen atoms in total. The summed E-state index contributed by atoms with van der Waals surface area (Å²) < 4.78 is 20.0. The molecule has 0 radical (unpaired) electrons. The minimum Gasteiger partial charge on any atom is -0.384 e. The number of carbonyl (C=O) groups excluding carboxylic acids is 1. The molecule has 0 aromatic heterocycles. The molecule has 0 heterocycles. The van der Waals surface area contributed by atoms with Crippen LogP contribution in [0.25, 0.3) is 0 Å². The molecule has 0 rings (SSSR count). The summed E-state index contributed by atoms with van der Waals surface area (Å²) in [5.74, 6) is 0.580. The molecule has 0 aliphatic carbocycles. The highest BCUT2D eigenvalue weighted by Crippen LogP contribution is 2.26. The molecule has 38 heavy (non-hydrogen) atoms. The summed E-state index contributed by atoms with van der Waals surface area (Å²) in [7, 11) is 1.65. The predicted octanol–water partition coefficient (Wildman–Crippen LogP) is 10.6. The topological polar surface area (TPSA) is 26.3 Å². The molecule has 1 unspecified atom stereocenters. The molecular weight excluding hydrogens is 471 g/mol. The van der Waals surface area contributed by atoms with Crippen LogP contribution in [-0.4, -0.2) is 20.0 Å². The van der Waals surface area contributed by atoms with E-state index in [9.17, 15) is 4.39 Å². The van der Waals surface area contributed by atoms with Gasteiger partial charge in [0.1, 0.15) is 12.1 Å². The van der Waals surface area contributed by atoms with E-state index in [4.69, 9.17) is 9.53 Å². The first-order valence-corrected chi connectivity index (χ1v) is 13.3. The van der Waals surface area contributed by atoms with Gasteiger partial charge in [-0.1, -0.05) is 123 Å². The van der Waals surface area contributed by atoms with Gasteiger partial charge >= 0.3 is 0 Å². The maximum absolute atomic E-state index is 14.8. The first-order chi connectivity index (χ1) is 17.9. The van der Waals surface area contributed by atoms with E-state index < -0.39 is 5.83 Å². The van der Waals surface area contributed by atoms with Crippen LogP contribution in [0.3, 0.4) is 0 Å². The lowest BCUT2D eigenvalue weighted by molar-refractivity contribution is -0.104. The summed E-state index contributed by atoms with van der Waals surface area (Å²) >= 11 is 0. The number of carbonyl (C=O) groups is 1. The molecule has 0 saturated heterocycles. The Morgan fingerprint density at radius 1 is 0.895 bits per heavy atom. The number of hydrogen-bond donors (Lipinski definition) is 0. The average molecular weight is 525 g/mol. The van der Waals surface area contributed by atoms with Crippen LogP contribution in [0.4, 0.5) is 4.39 Å². The van der Waals surface area contributed by atoms with Gasteiger partial charge in [0.05, 0.1) is 6.61 Å². The first-order valence-electron chi connectivity index (χ1n) is 13.3. The minimum absolute atomic E-state index is 0.216. The molecule has 0 saturated carbocycles. The van der Waals surface area contributed by atoms with Crippen LogP contribution in [0, 0.1) is 11.8 Å². The first kappa shape index (κ1) is 39.5. The number of rotatable bonds is 17. The van der Waals surface area contributed by atoms with Crippen LogP contribution < -0.4 is 0 Å². The van der Waals surface area contributed by atoms with Crippen molar-refractivity contribution in [2.24, 2.45) is 11.8 Å². The second-order valence-corrected chi connectivity index (χ2v) is 9.07. The van der Waals surface area contributed by atoms with Gasteiger partial charge < -0.3 is 4.74 Å². The Bertz CT molecular complexity index is 900. The number of methoxy groups -OCH3 is 1. The smallest absolute Gasteiger partial charge is 0.142 e. The second-order valence-electron chi connectivity index (χ2n) is 9.07. The molecule has 0 fully saturated rings. The summed E-state index contributed by atoms with van der Waals surface area (Å²) in [5, 5.41) is 0. The number of halogens is 1. The normalized spacial score (nSPS) is 11.9. The molecule has 0 amide bonds. The maximum atomic E-state index is 14.8. The van der Waals surface area contributed by atoms with Crippen molar-refractivity contribution in [2.45, 2.75) is 67.2 Å². The molecule has 0 N–H and O–H groups in total. The summed E-state index contributed by atoms with van der Waals surface area (Å²) in [6.07, 6.45) is 12.5. The van der Waals surface area contributed by atoms with Crippen molar-refractivity contribution in [1.29, 1.82) is 0 Å². The van der Waals surface area contributed by atoms with Crippen molar-refractivity contribution >= 4 is 6.29 Å². The van der Waals surface area contributed by atoms with E-state index >= 15 is 0 Å². The SMILES string of the molecule is C=C(/C=C\C(=C)C(C)CCC(C)C)C(=C)/C=C(/F)C(=C)C(=C)/C=C(/CCOC)C(=C)CC.C=CC=O.CC. The van der Waals surface area contributed by atoms with Crippen LogP contribution in [0.1, 0.15) is 67.2 Å². The third-order valence-corrected chi connectivity index (χ3v) is 5.60. The van der Waals surface area contributed by atoms with Gasteiger partial charge in [0, 0.05) is 12.7 Å². The quantitative estimate of drug-likeness (QED) is 0.107. The third kappa shape index (κ3) is 19.1. The van der Waals surface area contributed by atoms with Crippen molar-refractivity contribution in [2.75, 3.05) is 13.7 Å². The van der Waals surface area contributed by atoms with E-state index in [1.807, 2.05) is 39.0 Å². The molecule has 0 spiro atoms. The Balaban J connectivity index is -0.00000185. The fourth-order valence-electron chi connectivity index (χ4n) is 2.82. The third-order valence-electron chi connectivity index (χ3n) is 5.60. The van der Waals surface area contributed by atoms with Gasteiger partial charge in [-0.15, -0.1) is 0 Å². The largest absolute Gasteiger partial charge is 0.384 e. The molecule has 3 heteroatoms. The molecule has 0 bridgehead atoms. The van der Waals surface area contributed by atoms with E-state index in [1.54, 1.807) is 7.11 Å². The van der Waals surface area contributed by atoms with Gasteiger partial charge in [0.15, 0.2) is 0 Å². The zero-order valence-electron chi connectivity index (χ0n) is 25.3. The number of ether oxygens (including phenoxy) is 1. The van der Waals surface area contributed by atoms with Gasteiger partial charge in [-0.05, 0) is 65.5 Å². The van der Waals surface area contributed by atoms with Crippen LogP contribution >= 0.6 is 0 Å². The Hall–Kier alpha value is -3.04. The minimum atomic E-state index is -0.483. The number of hydrogen-bond acceptors (Lipinski definition) is 2. The lowest BCUT2D eigenvalue weighted by Crippen LogP contribution is -1.99. The summed E-state index contributed by atoms with van der Waals surface area (Å²) in [5.41, 5.74) is 4.83. The fourth-order valence-corrected chi connectivity index (χ4v) is 2.82. The highest BCUT2D eigenvalue weighted by atomic mass is 19.1. The van der Waals surface area contributed by atoms with E-state index in [0.29, 0.717) is 47.9 Å². The van der Waals surface area contributed by atoms with Crippen molar-refractivity contribution in [3.8, 4) is 0 Å². The Morgan fingerprint density at radius 2 is 1.45 bits per heavy atom. The molecule has 1 atom stereocenters. The molecule has 0 aliphatic heterocycles. The van der Waals surface area contributed by atoms with E-state index in [2.05, 4.69) is 66.8 Å².